The Labute approximate surface area is 164 Å². The molecule has 6 nitrogen and oxygen atoms in total. The number of amides is 2. The standard InChI is InChI=1S/C19H17N3O3S2/c1-11(23)17-16(13-6-4-3-5-7-13)21-19(27-17)22-18(25)15-9-8-14(26-15)10-20-12(2)24/h3-9H,10H2,1-2H3,(H,20,24)(H,21,22,25). The molecule has 0 bridgehead atoms. The normalized spacial score (nSPS) is 10.4. The summed E-state index contributed by atoms with van der Waals surface area (Å²) in [6.45, 7) is 3.32. The highest BCUT2D eigenvalue weighted by Crippen LogP contribution is 2.32. The van der Waals surface area contributed by atoms with Crippen molar-refractivity contribution in [1.29, 1.82) is 0 Å². The van der Waals surface area contributed by atoms with Gasteiger partial charge in [0, 0.05) is 24.3 Å². The van der Waals surface area contributed by atoms with Crippen LogP contribution in [0, 0.1) is 0 Å². The van der Waals surface area contributed by atoms with Crippen LogP contribution < -0.4 is 10.6 Å². The van der Waals surface area contributed by atoms with Gasteiger partial charge in [0.1, 0.15) is 0 Å². The Hall–Kier alpha value is -2.84. The molecule has 0 radical (unpaired) electrons. The average molecular weight is 399 g/mol. The highest BCUT2D eigenvalue weighted by Gasteiger charge is 2.19. The van der Waals surface area contributed by atoms with Crippen LogP contribution in [0.3, 0.4) is 0 Å². The van der Waals surface area contributed by atoms with Gasteiger partial charge in [-0.15, -0.1) is 11.3 Å². The minimum Gasteiger partial charge on any atom is -0.351 e. The maximum atomic E-state index is 12.5. The second-order valence-electron chi connectivity index (χ2n) is 5.75. The third-order valence-electron chi connectivity index (χ3n) is 3.61. The van der Waals surface area contributed by atoms with Gasteiger partial charge >= 0.3 is 0 Å². The maximum Gasteiger partial charge on any atom is 0.267 e. The molecule has 0 spiro atoms. The molecule has 3 rings (SSSR count). The van der Waals surface area contributed by atoms with E-state index in [2.05, 4.69) is 15.6 Å². The van der Waals surface area contributed by atoms with Crippen molar-refractivity contribution in [2.45, 2.75) is 20.4 Å². The number of nitrogens with one attached hydrogen (secondary N) is 2. The van der Waals surface area contributed by atoms with Gasteiger partial charge < -0.3 is 5.32 Å². The number of thiazole rings is 1. The second-order valence-corrected chi connectivity index (χ2v) is 7.92. The lowest BCUT2D eigenvalue weighted by molar-refractivity contribution is -0.119. The van der Waals surface area contributed by atoms with Gasteiger partial charge in [0.2, 0.25) is 5.91 Å². The van der Waals surface area contributed by atoms with Gasteiger partial charge in [0.15, 0.2) is 10.9 Å². The summed E-state index contributed by atoms with van der Waals surface area (Å²) in [5.41, 5.74) is 1.40. The van der Waals surface area contributed by atoms with E-state index in [-0.39, 0.29) is 17.6 Å². The van der Waals surface area contributed by atoms with Crippen molar-refractivity contribution in [3.63, 3.8) is 0 Å². The summed E-state index contributed by atoms with van der Waals surface area (Å²) in [6, 6.07) is 12.9. The van der Waals surface area contributed by atoms with Crippen LogP contribution in [0.5, 0.6) is 0 Å². The molecule has 138 valence electrons. The number of ketones is 1. The molecule has 0 aliphatic rings. The number of anilines is 1. The molecule has 27 heavy (non-hydrogen) atoms. The molecular formula is C19H17N3O3S2. The van der Waals surface area contributed by atoms with Gasteiger partial charge in [-0.05, 0) is 12.1 Å². The molecule has 0 unspecified atom stereocenters. The summed E-state index contributed by atoms with van der Waals surface area (Å²) in [5, 5.41) is 5.83. The Kier molecular flexibility index (Phi) is 5.78. The first-order chi connectivity index (χ1) is 12.9. The van der Waals surface area contributed by atoms with Crippen LogP contribution in [0.15, 0.2) is 42.5 Å². The van der Waals surface area contributed by atoms with Crippen LogP contribution in [0.1, 0.15) is 38.1 Å². The molecule has 0 atom stereocenters. The van der Waals surface area contributed by atoms with Crippen LogP contribution >= 0.6 is 22.7 Å². The van der Waals surface area contributed by atoms with E-state index in [0.29, 0.717) is 27.1 Å². The van der Waals surface area contributed by atoms with E-state index in [0.717, 1.165) is 21.8 Å². The first kappa shape index (κ1) is 18.9. The highest BCUT2D eigenvalue weighted by molar-refractivity contribution is 7.18. The van der Waals surface area contributed by atoms with Crippen LogP contribution in [0.2, 0.25) is 0 Å². The lowest BCUT2D eigenvalue weighted by Crippen LogP contribution is -2.18. The molecule has 8 heteroatoms. The molecule has 0 saturated carbocycles. The third kappa shape index (κ3) is 4.66. The smallest absolute Gasteiger partial charge is 0.267 e. The first-order valence-electron chi connectivity index (χ1n) is 8.15. The number of benzene rings is 1. The Morgan fingerprint density at radius 3 is 2.41 bits per heavy atom. The first-order valence-corrected chi connectivity index (χ1v) is 9.79. The second kappa shape index (κ2) is 8.24. The lowest BCUT2D eigenvalue weighted by Gasteiger charge is -1.99. The number of rotatable bonds is 6. The maximum absolute atomic E-state index is 12.5. The number of carbonyl (C=O) groups excluding carboxylic acids is 3. The van der Waals surface area contributed by atoms with Crippen molar-refractivity contribution in [1.82, 2.24) is 10.3 Å². The molecule has 1 aromatic carbocycles. The van der Waals surface area contributed by atoms with Crippen molar-refractivity contribution in [2.24, 2.45) is 0 Å². The minimum atomic E-state index is -0.294. The van der Waals surface area contributed by atoms with Crippen LogP contribution in [0.25, 0.3) is 11.3 Å². The van der Waals surface area contributed by atoms with Crippen LogP contribution in [-0.4, -0.2) is 22.6 Å². The fourth-order valence-electron chi connectivity index (χ4n) is 2.37. The fourth-order valence-corrected chi connectivity index (χ4v) is 4.09. The Balaban J connectivity index is 1.78. The minimum absolute atomic E-state index is 0.0967. The summed E-state index contributed by atoms with van der Waals surface area (Å²) in [5.74, 6) is -0.513. The SMILES string of the molecule is CC(=O)NCc1ccc(C(=O)Nc2nc(-c3ccccc3)c(C(C)=O)s2)s1. The van der Waals surface area contributed by atoms with E-state index in [1.807, 2.05) is 30.3 Å². The molecule has 0 aliphatic heterocycles. The lowest BCUT2D eigenvalue weighted by atomic mass is 10.1. The zero-order valence-electron chi connectivity index (χ0n) is 14.7. The summed E-state index contributed by atoms with van der Waals surface area (Å²) in [4.78, 5) is 41.8. The monoisotopic (exact) mass is 399 g/mol. The number of carbonyl (C=O) groups is 3. The molecular weight excluding hydrogens is 382 g/mol. The van der Waals surface area contributed by atoms with E-state index in [1.165, 1.54) is 25.2 Å². The Morgan fingerprint density at radius 1 is 1.00 bits per heavy atom. The number of thiophene rings is 1. The summed E-state index contributed by atoms with van der Waals surface area (Å²) in [6.07, 6.45) is 0. The number of nitrogens with zero attached hydrogens (tertiary/aromatic N) is 1. The fraction of sp³-hybridized carbons (Fsp3) is 0.158. The number of hydrogen-bond donors (Lipinski definition) is 2. The van der Waals surface area contributed by atoms with Crippen molar-refractivity contribution < 1.29 is 14.4 Å². The van der Waals surface area contributed by atoms with Crippen molar-refractivity contribution in [3.05, 3.63) is 57.1 Å². The molecule has 2 amide bonds. The number of Topliss-reactive ketones (excluding diaryl/α,β-unsaturated/α-hetero) is 1. The van der Waals surface area contributed by atoms with Crippen molar-refractivity contribution in [3.8, 4) is 11.3 Å². The molecule has 2 aromatic heterocycles. The molecule has 0 aliphatic carbocycles. The molecule has 0 fully saturated rings. The van der Waals surface area contributed by atoms with Gasteiger partial charge in [-0.25, -0.2) is 4.98 Å². The average Bonchev–Trinajstić information content (AvgIpc) is 3.28. The summed E-state index contributed by atoms with van der Waals surface area (Å²) < 4.78 is 0. The van der Waals surface area contributed by atoms with E-state index >= 15 is 0 Å². The Morgan fingerprint density at radius 2 is 1.74 bits per heavy atom. The van der Waals surface area contributed by atoms with Gasteiger partial charge in [-0.2, -0.15) is 0 Å². The van der Waals surface area contributed by atoms with E-state index in [9.17, 15) is 14.4 Å². The van der Waals surface area contributed by atoms with Gasteiger partial charge in [0.25, 0.3) is 5.91 Å². The molecule has 2 heterocycles. The van der Waals surface area contributed by atoms with Gasteiger partial charge in [-0.1, -0.05) is 41.7 Å². The summed E-state index contributed by atoms with van der Waals surface area (Å²) >= 11 is 2.46. The van der Waals surface area contributed by atoms with Gasteiger partial charge in [0.05, 0.1) is 22.0 Å². The van der Waals surface area contributed by atoms with E-state index in [4.69, 9.17) is 0 Å². The zero-order valence-corrected chi connectivity index (χ0v) is 16.4. The topological polar surface area (TPSA) is 88.2 Å². The van der Waals surface area contributed by atoms with Crippen LogP contribution in [0.4, 0.5) is 5.13 Å². The summed E-state index contributed by atoms with van der Waals surface area (Å²) in [7, 11) is 0. The zero-order chi connectivity index (χ0) is 19.4. The molecule has 2 N–H and O–H groups in total. The highest BCUT2D eigenvalue weighted by atomic mass is 32.1. The van der Waals surface area contributed by atoms with Crippen LogP contribution in [-0.2, 0) is 11.3 Å². The van der Waals surface area contributed by atoms with E-state index in [1.54, 1.807) is 12.1 Å². The van der Waals surface area contributed by atoms with E-state index < -0.39 is 0 Å². The molecule has 0 saturated heterocycles. The predicted molar refractivity (Wildman–Crippen MR) is 107 cm³/mol. The third-order valence-corrected chi connectivity index (χ3v) is 5.77. The predicted octanol–water partition coefficient (Wildman–Crippen LogP) is 3.96. The largest absolute Gasteiger partial charge is 0.351 e. The number of hydrogen-bond acceptors (Lipinski definition) is 6. The van der Waals surface area contributed by atoms with Crippen molar-refractivity contribution >= 4 is 45.4 Å². The number of aromatic nitrogens is 1. The van der Waals surface area contributed by atoms with Crippen molar-refractivity contribution in [2.75, 3.05) is 5.32 Å². The quantitative estimate of drug-likeness (QED) is 0.614. The molecule has 3 aromatic rings. The Bertz CT molecular complexity index is 993. The van der Waals surface area contributed by atoms with Gasteiger partial charge in [-0.3, -0.25) is 19.7 Å².